The number of para-hydroxylation sites is 1. The molecule has 0 amide bonds. The highest BCUT2D eigenvalue weighted by Crippen LogP contribution is 2.34. The second-order valence-electron chi connectivity index (χ2n) is 3.95. The van der Waals surface area contributed by atoms with E-state index in [1.54, 1.807) is 6.07 Å². The maximum absolute atomic E-state index is 11.2. The van der Waals surface area contributed by atoms with Crippen molar-refractivity contribution in [3.05, 3.63) is 24.3 Å². The van der Waals surface area contributed by atoms with Gasteiger partial charge in [-0.05, 0) is 12.1 Å². The molecular formula is C12H11NO5S2. The third-order valence-corrected chi connectivity index (χ3v) is 5.07. The molecule has 0 aliphatic carbocycles. The molecule has 20 heavy (non-hydrogen) atoms. The maximum Gasteiger partial charge on any atom is 0.318 e. The Morgan fingerprint density at radius 2 is 1.95 bits per heavy atom. The molecule has 0 aliphatic heterocycles. The van der Waals surface area contributed by atoms with Crippen molar-refractivity contribution in [2.45, 2.75) is 9.59 Å². The lowest BCUT2D eigenvalue weighted by Crippen LogP contribution is -2.34. The molecule has 0 spiro atoms. The highest BCUT2D eigenvalue weighted by Gasteiger charge is 2.35. The van der Waals surface area contributed by atoms with Crippen molar-refractivity contribution < 1.29 is 24.9 Å². The third kappa shape index (κ3) is 3.09. The lowest BCUT2D eigenvalue weighted by atomic mass is 10.1. The Balaban J connectivity index is 2.27. The zero-order chi connectivity index (χ0) is 14.7. The van der Waals surface area contributed by atoms with Crippen LogP contribution in [0.3, 0.4) is 0 Å². The van der Waals surface area contributed by atoms with Crippen LogP contribution in [0, 0.1) is 5.92 Å². The molecule has 3 N–H and O–H groups in total. The minimum Gasteiger partial charge on any atom is -0.481 e. The van der Waals surface area contributed by atoms with Crippen LogP contribution in [0.15, 0.2) is 28.6 Å². The van der Waals surface area contributed by atoms with Crippen LogP contribution in [0.2, 0.25) is 0 Å². The first-order chi connectivity index (χ1) is 9.52. The molecule has 6 nitrogen and oxygen atoms in total. The average molecular weight is 313 g/mol. The number of aliphatic hydroxyl groups excluding tert-OH is 1. The molecule has 106 valence electrons. The first-order valence-electron chi connectivity index (χ1n) is 5.61. The largest absolute Gasteiger partial charge is 0.481 e. The molecular weight excluding hydrogens is 302 g/mol. The van der Waals surface area contributed by atoms with E-state index in [2.05, 4.69) is 4.98 Å². The van der Waals surface area contributed by atoms with Gasteiger partial charge in [0.15, 0.2) is 4.34 Å². The topological polar surface area (TPSA) is 108 Å². The van der Waals surface area contributed by atoms with E-state index in [4.69, 9.17) is 15.3 Å². The highest BCUT2D eigenvalue weighted by atomic mass is 32.2. The summed E-state index contributed by atoms with van der Waals surface area (Å²) < 4.78 is 1.37. The van der Waals surface area contributed by atoms with E-state index in [1.807, 2.05) is 18.2 Å². The summed E-state index contributed by atoms with van der Waals surface area (Å²) in [7, 11) is 0. The van der Waals surface area contributed by atoms with Crippen LogP contribution >= 0.6 is 23.1 Å². The fraction of sp³-hybridized carbons (Fsp3) is 0.250. The Labute approximate surface area is 122 Å². The molecule has 0 radical (unpaired) electrons. The minimum atomic E-state index is -1.37. The normalized spacial score (nSPS) is 14.1. The van der Waals surface area contributed by atoms with Gasteiger partial charge in [0.2, 0.25) is 0 Å². The van der Waals surface area contributed by atoms with Crippen LogP contribution in [0.1, 0.15) is 0 Å². The molecule has 1 heterocycles. The van der Waals surface area contributed by atoms with Gasteiger partial charge in [-0.25, -0.2) is 4.98 Å². The SMILES string of the molecule is O=C(O)C(CO)C(Sc1nc2ccccc2s1)C(=O)O. The highest BCUT2D eigenvalue weighted by molar-refractivity contribution is 8.02. The van der Waals surface area contributed by atoms with Crippen LogP contribution in [0.4, 0.5) is 0 Å². The summed E-state index contributed by atoms with van der Waals surface area (Å²) in [5, 5.41) is 25.9. The molecule has 0 bridgehead atoms. The molecule has 0 fully saturated rings. The molecule has 1 aromatic carbocycles. The van der Waals surface area contributed by atoms with Gasteiger partial charge in [0, 0.05) is 0 Å². The van der Waals surface area contributed by atoms with Gasteiger partial charge in [0.25, 0.3) is 0 Å². The number of benzene rings is 1. The second kappa shape index (κ2) is 6.21. The minimum absolute atomic E-state index is 0.471. The van der Waals surface area contributed by atoms with E-state index in [1.165, 1.54) is 11.3 Å². The summed E-state index contributed by atoms with van der Waals surface area (Å²) >= 11 is 2.15. The van der Waals surface area contributed by atoms with Crippen LogP contribution in [0.5, 0.6) is 0 Å². The van der Waals surface area contributed by atoms with E-state index in [0.717, 1.165) is 22.0 Å². The van der Waals surface area contributed by atoms with Gasteiger partial charge in [-0.2, -0.15) is 0 Å². The molecule has 8 heteroatoms. The number of carboxylic acids is 2. The first kappa shape index (κ1) is 14.8. The number of thiazole rings is 1. The monoisotopic (exact) mass is 313 g/mol. The zero-order valence-corrected chi connectivity index (χ0v) is 11.7. The van der Waals surface area contributed by atoms with Gasteiger partial charge < -0.3 is 15.3 Å². The smallest absolute Gasteiger partial charge is 0.318 e. The van der Waals surface area contributed by atoms with Gasteiger partial charge in [0.1, 0.15) is 11.2 Å². The molecule has 2 aromatic rings. The summed E-state index contributed by atoms with van der Waals surface area (Å²) in [4.78, 5) is 26.4. The summed E-state index contributed by atoms with van der Waals surface area (Å²) in [6, 6.07) is 7.32. The molecule has 0 saturated carbocycles. The Kier molecular flexibility index (Phi) is 4.58. The fourth-order valence-electron chi connectivity index (χ4n) is 1.62. The van der Waals surface area contributed by atoms with Crippen LogP contribution in [0.25, 0.3) is 10.2 Å². The lowest BCUT2D eigenvalue weighted by Gasteiger charge is -2.16. The fourth-order valence-corrected chi connectivity index (χ4v) is 3.92. The van der Waals surface area contributed by atoms with Gasteiger partial charge in [-0.3, -0.25) is 9.59 Å². The number of aromatic nitrogens is 1. The molecule has 1 aromatic heterocycles. The Hall–Kier alpha value is -1.64. The number of hydrogen-bond donors (Lipinski definition) is 3. The van der Waals surface area contributed by atoms with Crippen molar-refractivity contribution in [3.63, 3.8) is 0 Å². The second-order valence-corrected chi connectivity index (χ2v) is 6.37. The van der Waals surface area contributed by atoms with Crippen LogP contribution in [-0.2, 0) is 9.59 Å². The molecule has 0 aliphatic rings. The number of nitrogens with zero attached hydrogens (tertiary/aromatic N) is 1. The van der Waals surface area contributed by atoms with Gasteiger partial charge in [-0.15, -0.1) is 11.3 Å². The first-order valence-corrected chi connectivity index (χ1v) is 7.31. The summed E-state index contributed by atoms with van der Waals surface area (Å²) in [5.41, 5.74) is 0.736. The van der Waals surface area contributed by atoms with Gasteiger partial charge >= 0.3 is 11.9 Å². The van der Waals surface area contributed by atoms with E-state index < -0.39 is 29.7 Å². The number of aliphatic hydroxyl groups is 1. The van der Waals surface area contributed by atoms with E-state index >= 15 is 0 Å². The molecule has 2 rings (SSSR count). The van der Waals surface area contributed by atoms with Crippen molar-refractivity contribution >= 4 is 45.3 Å². The standard InChI is InChI=1S/C12H11NO5S2/c14-5-6(10(15)16)9(11(17)18)20-12-13-7-3-1-2-4-8(7)19-12/h1-4,6,9,14H,5H2,(H,15,16)(H,17,18). The van der Waals surface area contributed by atoms with Crippen molar-refractivity contribution in [1.29, 1.82) is 0 Å². The summed E-state index contributed by atoms with van der Waals surface area (Å²) in [5.74, 6) is -3.99. The predicted octanol–water partition coefficient (Wildman–Crippen LogP) is 1.53. The number of thioether (sulfide) groups is 1. The van der Waals surface area contributed by atoms with Crippen molar-refractivity contribution in [3.8, 4) is 0 Å². The summed E-state index contributed by atoms with van der Waals surface area (Å²) in [6.45, 7) is -0.732. The number of aliphatic carboxylic acids is 2. The number of carboxylic acid groups (broad SMARTS) is 2. The Morgan fingerprint density at radius 3 is 2.50 bits per heavy atom. The number of carbonyl (C=O) groups is 2. The predicted molar refractivity (Wildman–Crippen MR) is 75.1 cm³/mol. The summed E-state index contributed by atoms with van der Waals surface area (Å²) in [6.07, 6.45) is 0. The van der Waals surface area contributed by atoms with E-state index in [-0.39, 0.29) is 0 Å². The zero-order valence-electron chi connectivity index (χ0n) is 10.1. The Bertz CT molecular complexity index is 609. The molecule has 0 saturated heterocycles. The Morgan fingerprint density at radius 1 is 1.25 bits per heavy atom. The lowest BCUT2D eigenvalue weighted by molar-refractivity contribution is -0.148. The van der Waals surface area contributed by atoms with Crippen LogP contribution in [-0.4, -0.2) is 44.1 Å². The molecule has 2 atom stereocenters. The quantitative estimate of drug-likeness (QED) is 0.694. The number of rotatable bonds is 6. The van der Waals surface area contributed by atoms with E-state index in [9.17, 15) is 9.59 Å². The number of hydrogen-bond acceptors (Lipinski definition) is 6. The van der Waals surface area contributed by atoms with E-state index in [0.29, 0.717) is 4.34 Å². The number of fused-ring (bicyclic) bond motifs is 1. The van der Waals surface area contributed by atoms with Gasteiger partial charge in [0.05, 0.1) is 16.8 Å². The maximum atomic E-state index is 11.2. The van der Waals surface area contributed by atoms with Crippen molar-refractivity contribution in [1.82, 2.24) is 4.98 Å². The van der Waals surface area contributed by atoms with Crippen molar-refractivity contribution in [2.24, 2.45) is 5.92 Å². The third-order valence-electron chi connectivity index (χ3n) is 2.62. The van der Waals surface area contributed by atoms with Crippen molar-refractivity contribution in [2.75, 3.05) is 6.61 Å². The van der Waals surface area contributed by atoms with Gasteiger partial charge in [-0.1, -0.05) is 23.9 Å². The molecule has 2 unspecified atom stereocenters. The van der Waals surface area contributed by atoms with Crippen LogP contribution < -0.4 is 0 Å². The average Bonchev–Trinajstić information content (AvgIpc) is 2.80.